The second kappa shape index (κ2) is 9.36. The van der Waals surface area contributed by atoms with Gasteiger partial charge in [0.05, 0.1) is 13.4 Å². The highest BCUT2D eigenvalue weighted by atomic mass is 35.5. The van der Waals surface area contributed by atoms with Crippen LogP contribution < -0.4 is 14.2 Å². The molecule has 0 atom stereocenters. The van der Waals surface area contributed by atoms with Gasteiger partial charge >= 0.3 is 0 Å². The van der Waals surface area contributed by atoms with E-state index in [1.807, 2.05) is 18.6 Å². The van der Waals surface area contributed by atoms with E-state index in [0.29, 0.717) is 27.6 Å². The summed E-state index contributed by atoms with van der Waals surface area (Å²) in [4.78, 5) is 16.4. The van der Waals surface area contributed by atoms with E-state index < -0.39 is 15.9 Å². The first kappa shape index (κ1) is 23.8. The molecule has 0 radical (unpaired) electrons. The molecule has 3 aromatic rings. The smallest absolute Gasteiger partial charge is 0.264 e. The predicted octanol–water partition coefficient (Wildman–Crippen LogP) is 5.16. The molecule has 0 unspecified atom stereocenters. The first-order chi connectivity index (χ1) is 15.0. The Labute approximate surface area is 196 Å². The van der Waals surface area contributed by atoms with Crippen molar-refractivity contribution in [2.45, 2.75) is 13.8 Å². The third-order valence-corrected chi connectivity index (χ3v) is 5.91. The number of aryl methyl sites for hydroxylation is 2. The van der Waals surface area contributed by atoms with Crippen molar-refractivity contribution in [2.24, 2.45) is 0 Å². The molecule has 1 aromatic heterocycles. The molecule has 168 valence electrons. The van der Waals surface area contributed by atoms with E-state index in [0.717, 1.165) is 17.4 Å². The summed E-state index contributed by atoms with van der Waals surface area (Å²) >= 11 is 12.6. The lowest BCUT2D eigenvalue weighted by molar-refractivity contribution is 0.0981. The van der Waals surface area contributed by atoms with Gasteiger partial charge < -0.3 is 9.47 Å². The summed E-state index contributed by atoms with van der Waals surface area (Å²) in [6, 6.07) is 9.79. The van der Waals surface area contributed by atoms with Crippen LogP contribution in [0.2, 0.25) is 10.0 Å². The average Bonchev–Trinajstić information content (AvgIpc) is 2.71. The molecule has 7 nitrogen and oxygen atoms in total. The summed E-state index contributed by atoms with van der Waals surface area (Å²) < 4.78 is 35.7. The molecule has 1 amide bonds. The van der Waals surface area contributed by atoms with E-state index in [2.05, 4.69) is 4.98 Å². The number of nitrogens with zero attached hydrogens (tertiary/aromatic N) is 1. The summed E-state index contributed by atoms with van der Waals surface area (Å²) in [5.74, 6) is 0.373. The number of aromatic nitrogens is 1. The van der Waals surface area contributed by atoms with Crippen molar-refractivity contribution in [1.29, 1.82) is 0 Å². The third kappa shape index (κ3) is 5.51. The van der Waals surface area contributed by atoms with Crippen molar-refractivity contribution in [3.63, 3.8) is 0 Å². The van der Waals surface area contributed by atoms with Crippen molar-refractivity contribution >= 4 is 39.1 Å². The topological polar surface area (TPSA) is 94.6 Å². The molecule has 1 N–H and O–H groups in total. The third-order valence-electron chi connectivity index (χ3n) is 4.48. The maximum Gasteiger partial charge on any atom is 0.264 e. The lowest BCUT2D eigenvalue weighted by Gasteiger charge is -2.13. The maximum atomic E-state index is 12.1. The fourth-order valence-electron chi connectivity index (χ4n) is 3.02. The van der Waals surface area contributed by atoms with Crippen molar-refractivity contribution in [3.05, 3.63) is 69.3 Å². The highest BCUT2D eigenvalue weighted by Gasteiger charge is 2.16. The largest absolute Gasteiger partial charge is 0.496 e. The quantitative estimate of drug-likeness (QED) is 0.508. The minimum Gasteiger partial charge on any atom is -0.496 e. The Morgan fingerprint density at radius 1 is 1.06 bits per heavy atom. The van der Waals surface area contributed by atoms with E-state index in [-0.39, 0.29) is 16.5 Å². The molecule has 0 bridgehead atoms. The van der Waals surface area contributed by atoms with Gasteiger partial charge in [-0.2, -0.15) is 0 Å². The molecule has 3 rings (SSSR count). The molecule has 0 spiro atoms. The van der Waals surface area contributed by atoms with Gasteiger partial charge in [-0.15, -0.1) is 0 Å². The molecule has 2 aromatic carbocycles. The van der Waals surface area contributed by atoms with Crippen molar-refractivity contribution in [3.8, 4) is 28.5 Å². The molecule has 0 saturated carbocycles. The van der Waals surface area contributed by atoms with Crippen LogP contribution in [0.5, 0.6) is 17.4 Å². The van der Waals surface area contributed by atoms with Crippen LogP contribution in [-0.4, -0.2) is 32.7 Å². The zero-order valence-corrected chi connectivity index (χ0v) is 20.0. The molecule has 32 heavy (non-hydrogen) atoms. The number of hydrogen-bond acceptors (Lipinski definition) is 6. The average molecular weight is 495 g/mol. The Bertz CT molecular complexity index is 1290. The molecular formula is C22H20Cl2N2O5S. The molecule has 0 aliphatic heterocycles. The van der Waals surface area contributed by atoms with Gasteiger partial charge in [-0.1, -0.05) is 23.2 Å². The number of benzene rings is 2. The van der Waals surface area contributed by atoms with Gasteiger partial charge in [-0.05, 0) is 61.4 Å². The fourth-order valence-corrected chi connectivity index (χ4v) is 3.79. The minimum atomic E-state index is -3.69. The summed E-state index contributed by atoms with van der Waals surface area (Å²) in [5, 5.41) is 0.946. The number of methoxy groups -OCH3 is 1. The highest BCUT2D eigenvalue weighted by molar-refractivity contribution is 7.89. The number of amides is 1. The van der Waals surface area contributed by atoms with E-state index >= 15 is 0 Å². The molecule has 1 heterocycles. The molecule has 0 aliphatic carbocycles. The maximum absolute atomic E-state index is 12.1. The number of nitrogens with one attached hydrogen (secondary N) is 1. The Morgan fingerprint density at radius 2 is 1.72 bits per heavy atom. The van der Waals surface area contributed by atoms with Crippen molar-refractivity contribution in [1.82, 2.24) is 9.71 Å². The SMILES string of the molecule is COc1cc(C(=O)NS(C)(=O)=O)ccc1-c1cnc(Oc2cc(C)c(Cl)c(C)c2)c(Cl)c1. The lowest BCUT2D eigenvalue weighted by atomic mass is 10.0. The summed E-state index contributed by atoms with van der Waals surface area (Å²) in [7, 11) is -2.25. The lowest BCUT2D eigenvalue weighted by Crippen LogP contribution is -2.29. The van der Waals surface area contributed by atoms with Gasteiger partial charge in [0.25, 0.3) is 5.91 Å². The summed E-state index contributed by atoms with van der Waals surface area (Å²) in [5.41, 5.74) is 3.11. The van der Waals surface area contributed by atoms with E-state index in [1.165, 1.54) is 19.2 Å². The van der Waals surface area contributed by atoms with Crippen LogP contribution >= 0.6 is 23.2 Å². The molecule has 0 aliphatic rings. The number of sulfonamides is 1. The van der Waals surface area contributed by atoms with Crippen LogP contribution in [0.25, 0.3) is 11.1 Å². The van der Waals surface area contributed by atoms with Crippen LogP contribution in [-0.2, 0) is 10.0 Å². The van der Waals surface area contributed by atoms with Crippen LogP contribution in [0.1, 0.15) is 21.5 Å². The number of hydrogen-bond donors (Lipinski definition) is 1. The molecule has 0 saturated heterocycles. The molecule has 0 fully saturated rings. The predicted molar refractivity (Wildman–Crippen MR) is 125 cm³/mol. The Hall–Kier alpha value is -2.81. The Balaban J connectivity index is 1.90. The summed E-state index contributed by atoms with van der Waals surface area (Å²) in [6.45, 7) is 3.76. The second-order valence-electron chi connectivity index (χ2n) is 7.10. The van der Waals surface area contributed by atoms with Crippen molar-refractivity contribution in [2.75, 3.05) is 13.4 Å². The van der Waals surface area contributed by atoms with Gasteiger partial charge in [0.2, 0.25) is 15.9 Å². The Kier molecular flexibility index (Phi) is 6.97. The number of ether oxygens (including phenoxy) is 2. The standard InChI is InChI=1S/C22H20Cl2N2O5S/c1-12-7-16(8-13(2)20(12)24)31-22-18(23)9-15(11-25-22)17-6-5-14(10-19(17)30-3)21(27)26-32(4,28)29/h5-11H,1-4H3,(H,26,27). The molecule has 10 heteroatoms. The van der Waals surface area contributed by atoms with Crippen LogP contribution in [0.3, 0.4) is 0 Å². The van der Waals surface area contributed by atoms with Crippen LogP contribution in [0, 0.1) is 13.8 Å². The number of carbonyl (C=O) groups is 1. The van der Waals surface area contributed by atoms with Gasteiger partial charge in [-0.25, -0.2) is 18.1 Å². The number of rotatable bonds is 6. The molecular weight excluding hydrogens is 475 g/mol. The van der Waals surface area contributed by atoms with E-state index in [4.69, 9.17) is 32.7 Å². The first-order valence-electron chi connectivity index (χ1n) is 9.29. The van der Waals surface area contributed by atoms with Crippen LogP contribution in [0.4, 0.5) is 0 Å². The van der Waals surface area contributed by atoms with Gasteiger partial charge in [0, 0.05) is 27.9 Å². The number of pyridine rings is 1. The fraction of sp³-hybridized carbons (Fsp3) is 0.182. The van der Waals surface area contributed by atoms with Gasteiger partial charge in [0.15, 0.2) is 0 Å². The number of carbonyl (C=O) groups excluding carboxylic acids is 1. The second-order valence-corrected chi connectivity index (χ2v) is 9.64. The highest BCUT2D eigenvalue weighted by Crippen LogP contribution is 2.36. The zero-order chi connectivity index (χ0) is 23.6. The zero-order valence-electron chi connectivity index (χ0n) is 17.7. The Morgan fingerprint density at radius 3 is 2.28 bits per heavy atom. The first-order valence-corrected chi connectivity index (χ1v) is 11.9. The van der Waals surface area contributed by atoms with Gasteiger partial charge in [-0.3, -0.25) is 4.79 Å². The van der Waals surface area contributed by atoms with Crippen LogP contribution in [0.15, 0.2) is 42.6 Å². The summed E-state index contributed by atoms with van der Waals surface area (Å²) in [6.07, 6.45) is 2.46. The van der Waals surface area contributed by atoms with E-state index in [1.54, 1.807) is 30.5 Å². The number of halogens is 2. The monoisotopic (exact) mass is 494 g/mol. The minimum absolute atomic E-state index is 0.128. The normalized spacial score (nSPS) is 11.2. The van der Waals surface area contributed by atoms with Crippen molar-refractivity contribution < 1.29 is 22.7 Å². The van der Waals surface area contributed by atoms with E-state index in [9.17, 15) is 13.2 Å². The van der Waals surface area contributed by atoms with Gasteiger partial charge in [0.1, 0.15) is 16.5 Å².